The van der Waals surface area contributed by atoms with Crippen molar-refractivity contribution in [2.24, 2.45) is 5.92 Å². The van der Waals surface area contributed by atoms with Gasteiger partial charge in [0.25, 0.3) is 0 Å². The van der Waals surface area contributed by atoms with Crippen molar-refractivity contribution in [3.63, 3.8) is 0 Å². The zero-order valence-electron chi connectivity index (χ0n) is 8.56. The molecular formula is C11H14N2OS. The fourth-order valence-electron chi connectivity index (χ4n) is 1.85. The summed E-state index contributed by atoms with van der Waals surface area (Å²) in [6.07, 6.45) is 7.41. The molecule has 1 fully saturated rings. The minimum Gasteiger partial charge on any atom is -0.299 e. The first kappa shape index (κ1) is 10.6. The predicted molar refractivity (Wildman–Crippen MR) is 59.7 cm³/mol. The van der Waals surface area contributed by atoms with E-state index in [2.05, 4.69) is 9.97 Å². The molecule has 1 atom stereocenters. The Bertz CT molecular complexity index is 329. The van der Waals surface area contributed by atoms with Gasteiger partial charge in [-0.15, -0.1) is 0 Å². The molecule has 0 bridgehead atoms. The normalized spacial score (nSPS) is 20.8. The van der Waals surface area contributed by atoms with Crippen LogP contribution in [0.3, 0.4) is 0 Å². The average Bonchev–Trinajstić information content (AvgIpc) is 2.66. The maximum Gasteiger partial charge on any atom is 0.187 e. The molecule has 80 valence electrons. The molecular weight excluding hydrogens is 208 g/mol. The molecule has 0 aliphatic heterocycles. The standard InChI is InChI=1S/C11H14N2OS/c14-10-4-1-3-9(10)5-8-15-11-12-6-2-7-13-11/h2,6-7,9H,1,3-5,8H2. The molecule has 1 aromatic heterocycles. The number of carbonyl (C=O) groups excluding carboxylic acids is 1. The van der Waals surface area contributed by atoms with Crippen molar-refractivity contribution in [1.82, 2.24) is 9.97 Å². The van der Waals surface area contributed by atoms with Crippen LogP contribution >= 0.6 is 11.8 Å². The number of nitrogens with zero attached hydrogens (tertiary/aromatic N) is 2. The third kappa shape index (κ3) is 3.02. The molecule has 2 rings (SSSR count). The predicted octanol–water partition coefficient (Wildman–Crippen LogP) is 2.33. The van der Waals surface area contributed by atoms with Crippen LogP contribution in [0.1, 0.15) is 25.7 Å². The highest BCUT2D eigenvalue weighted by molar-refractivity contribution is 7.99. The number of aromatic nitrogens is 2. The van der Waals surface area contributed by atoms with Gasteiger partial charge in [-0.05, 0) is 25.3 Å². The lowest BCUT2D eigenvalue weighted by atomic mass is 10.1. The van der Waals surface area contributed by atoms with Crippen molar-refractivity contribution >= 4 is 17.5 Å². The monoisotopic (exact) mass is 222 g/mol. The average molecular weight is 222 g/mol. The summed E-state index contributed by atoms with van der Waals surface area (Å²) in [4.78, 5) is 19.6. The van der Waals surface area contributed by atoms with Gasteiger partial charge >= 0.3 is 0 Å². The second kappa shape index (κ2) is 5.26. The van der Waals surface area contributed by atoms with Gasteiger partial charge in [-0.1, -0.05) is 11.8 Å². The summed E-state index contributed by atoms with van der Waals surface area (Å²) in [5.41, 5.74) is 0. The zero-order chi connectivity index (χ0) is 10.5. The van der Waals surface area contributed by atoms with Gasteiger partial charge in [-0.25, -0.2) is 9.97 Å². The molecule has 15 heavy (non-hydrogen) atoms. The lowest BCUT2D eigenvalue weighted by molar-refractivity contribution is -0.120. The van der Waals surface area contributed by atoms with E-state index in [-0.39, 0.29) is 0 Å². The van der Waals surface area contributed by atoms with Crippen LogP contribution in [0.25, 0.3) is 0 Å². The molecule has 1 aliphatic rings. The molecule has 0 N–H and O–H groups in total. The van der Waals surface area contributed by atoms with E-state index in [1.54, 1.807) is 24.2 Å². The van der Waals surface area contributed by atoms with Crippen molar-refractivity contribution < 1.29 is 4.79 Å². The maximum atomic E-state index is 11.4. The number of hydrogen-bond acceptors (Lipinski definition) is 4. The summed E-state index contributed by atoms with van der Waals surface area (Å²) in [5, 5.41) is 0.808. The maximum absolute atomic E-state index is 11.4. The van der Waals surface area contributed by atoms with E-state index in [4.69, 9.17) is 0 Å². The molecule has 1 aliphatic carbocycles. The number of carbonyl (C=O) groups is 1. The summed E-state index contributed by atoms with van der Waals surface area (Å²) in [6, 6.07) is 1.81. The van der Waals surface area contributed by atoms with Crippen LogP contribution in [-0.4, -0.2) is 21.5 Å². The van der Waals surface area contributed by atoms with Crippen LogP contribution in [0.2, 0.25) is 0 Å². The molecule has 0 amide bonds. The molecule has 1 aromatic rings. The Hall–Kier alpha value is -0.900. The molecule has 1 unspecified atom stereocenters. The minimum absolute atomic E-state index is 0.307. The van der Waals surface area contributed by atoms with E-state index in [0.717, 1.165) is 36.6 Å². The van der Waals surface area contributed by atoms with Gasteiger partial charge in [0.15, 0.2) is 5.16 Å². The van der Waals surface area contributed by atoms with Gasteiger partial charge in [-0.3, -0.25) is 4.79 Å². The second-order valence-corrected chi connectivity index (χ2v) is 4.79. The van der Waals surface area contributed by atoms with Gasteiger partial charge in [0.05, 0.1) is 0 Å². The Kier molecular flexibility index (Phi) is 3.72. The third-order valence-corrected chi connectivity index (χ3v) is 3.58. The number of ketones is 1. The van der Waals surface area contributed by atoms with Crippen molar-refractivity contribution in [3.8, 4) is 0 Å². The first-order valence-electron chi connectivity index (χ1n) is 5.29. The van der Waals surface area contributed by atoms with Crippen molar-refractivity contribution in [3.05, 3.63) is 18.5 Å². The van der Waals surface area contributed by atoms with Crippen molar-refractivity contribution in [1.29, 1.82) is 0 Å². The highest BCUT2D eigenvalue weighted by Gasteiger charge is 2.23. The van der Waals surface area contributed by atoms with Crippen molar-refractivity contribution in [2.75, 3.05) is 5.75 Å². The van der Waals surface area contributed by atoms with Crippen LogP contribution in [0, 0.1) is 5.92 Å². The smallest absolute Gasteiger partial charge is 0.187 e. The Morgan fingerprint density at radius 3 is 2.87 bits per heavy atom. The number of rotatable bonds is 4. The summed E-state index contributed by atoms with van der Waals surface area (Å²) in [5.74, 6) is 1.70. The summed E-state index contributed by atoms with van der Waals surface area (Å²) in [7, 11) is 0. The summed E-state index contributed by atoms with van der Waals surface area (Å²) < 4.78 is 0. The van der Waals surface area contributed by atoms with E-state index in [1.807, 2.05) is 6.07 Å². The fourth-order valence-corrected chi connectivity index (χ4v) is 2.70. The minimum atomic E-state index is 0.307. The van der Waals surface area contributed by atoms with E-state index in [9.17, 15) is 4.79 Å². The van der Waals surface area contributed by atoms with Gasteiger partial charge in [0, 0.05) is 30.5 Å². The molecule has 0 saturated heterocycles. The second-order valence-electron chi connectivity index (χ2n) is 3.72. The highest BCUT2D eigenvalue weighted by atomic mass is 32.2. The van der Waals surface area contributed by atoms with Gasteiger partial charge in [-0.2, -0.15) is 0 Å². The number of Topliss-reactive ketones (excluding diaryl/α,β-unsaturated/α-hetero) is 1. The van der Waals surface area contributed by atoms with Crippen molar-refractivity contribution in [2.45, 2.75) is 30.8 Å². The highest BCUT2D eigenvalue weighted by Crippen LogP contribution is 2.26. The zero-order valence-corrected chi connectivity index (χ0v) is 9.37. The third-order valence-electron chi connectivity index (χ3n) is 2.67. The molecule has 0 radical (unpaired) electrons. The van der Waals surface area contributed by atoms with E-state index >= 15 is 0 Å². The first-order chi connectivity index (χ1) is 7.36. The van der Waals surface area contributed by atoms with E-state index < -0.39 is 0 Å². The van der Waals surface area contributed by atoms with Crippen LogP contribution in [0.5, 0.6) is 0 Å². The summed E-state index contributed by atoms with van der Waals surface area (Å²) in [6.45, 7) is 0. The molecule has 4 heteroatoms. The Morgan fingerprint density at radius 2 is 2.20 bits per heavy atom. The Labute approximate surface area is 93.7 Å². The van der Waals surface area contributed by atoms with E-state index in [0.29, 0.717) is 11.7 Å². The van der Waals surface area contributed by atoms with E-state index in [1.165, 1.54) is 0 Å². The number of thioether (sulfide) groups is 1. The Balaban J connectivity index is 1.73. The molecule has 1 heterocycles. The van der Waals surface area contributed by atoms with Crippen LogP contribution in [0.15, 0.2) is 23.6 Å². The van der Waals surface area contributed by atoms with Gasteiger partial charge < -0.3 is 0 Å². The molecule has 0 aromatic carbocycles. The van der Waals surface area contributed by atoms with Crippen LogP contribution < -0.4 is 0 Å². The molecule has 0 spiro atoms. The quantitative estimate of drug-likeness (QED) is 0.579. The SMILES string of the molecule is O=C1CCCC1CCSc1ncccn1. The molecule has 3 nitrogen and oxygen atoms in total. The lowest BCUT2D eigenvalue weighted by Crippen LogP contribution is -2.07. The topological polar surface area (TPSA) is 42.9 Å². The lowest BCUT2D eigenvalue weighted by Gasteiger charge is -2.05. The molecule has 1 saturated carbocycles. The Morgan fingerprint density at radius 1 is 1.40 bits per heavy atom. The largest absolute Gasteiger partial charge is 0.299 e. The number of hydrogen-bond donors (Lipinski definition) is 0. The fraction of sp³-hybridized carbons (Fsp3) is 0.545. The first-order valence-corrected chi connectivity index (χ1v) is 6.27. The van der Waals surface area contributed by atoms with Crippen LogP contribution in [0.4, 0.5) is 0 Å². The summed E-state index contributed by atoms with van der Waals surface area (Å²) >= 11 is 1.63. The van der Waals surface area contributed by atoms with Crippen LogP contribution in [-0.2, 0) is 4.79 Å². The van der Waals surface area contributed by atoms with Gasteiger partial charge in [0.1, 0.15) is 5.78 Å². The van der Waals surface area contributed by atoms with Gasteiger partial charge in [0.2, 0.25) is 0 Å².